The van der Waals surface area contributed by atoms with E-state index in [9.17, 15) is 9.18 Å². The van der Waals surface area contributed by atoms with E-state index >= 15 is 0 Å². The molecule has 9 nitrogen and oxygen atoms in total. The van der Waals surface area contributed by atoms with Crippen molar-refractivity contribution in [1.82, 2.24) is 15.1 Å². The van der Waals surface area contributed by atoms with Crippen molar-refractivity contribution in [3.8, 4) is 0 Å². The summed E-state index contributed by atoms with van der Waals surface area (Å²) in [5.41, 5.74) is 13.3. The van der Waals surface area contributed by atoms with E-state index in [-0.39, 0.29) is 23.5 Å². The zero-order chi connectivity index (χ0) is 22.7. The van der Waals surface area contributed by atoms with Gasteiger partial charge in [0, 0.05) is 36.5 Å². The Balaban J connectivity index is 1.55. The van der Waals surface area contributed by atoms with Crippen molar-refractivity contribution in [2.45, 2.75) is 56.6 Å². The first-order valence-corrected chi connectivity index (χ1v) is 10.9. The van der Waals surface area contributed by atoms with Gasteiger partial charge in [-0.15, -0.1) is 0 Å². The van der Waals surface area contributed by atoms with E-state index in [1.807, 2.05) is 29.1 Å². The number of nitrogens with one attached hydrogen (secondary N) is 2. The SMILES string of the molecule is COCCn1cc2cc(NC3=NC(N[C@@H]4CCCC[C@@H]4N)C(F)C=C3C(N)=O)ccc2n1. The highest BCUT2D eigenvalue weighted by Gasteiger charge is 2.32. The van der Waals surface area contributed by atoms with Crippen molar-refractivity contribution in [2.24, 2.45) is 16.5 Å². The quantitative estimate of drug-likeness (QED) is 0.512. The number of carbonyl (C=O) groups is 1. The van der Waals surface area contributed by atoms with Gasteiger partial charge in [-0.3, -0.25) is 14.8 Å². The Hall–Kier alpha value is -2.82. The smallest absolute Gasteiger partial charge is 0.252 e. The lowest BCUT2D eigenvalue weighted by Crippen LogP contribution is -2.54. The number of nitrogens with two attached hydrogens (primary N) is 2. The summed E-state index contributed by atoms with van der Waals surface area (Å²) in [6.45, 7) is 1.20. The molecular formula is C22H30FN7O2. The van der Waals surface area contributed by atoms with Crippen molar-refractivity contribution in [3.63, 3.8) is 0 Å². The molecule has 4 rings (SSSR count). The van der Waals surface area contributed by atoms with E-state index in [0.29, 0.717) is 18.8 Å². The number of fused-ring (bicyclic) bond motifs is 1. The minimum atomic E-state index is -1.47. The van der Waals surface area contributed by atoms with Crippen LogP contribution in [0.4, 0.5) is 10.1 Å². The maximum Gasteiger partial charge on any atom is 0.252 e. The summed E-state index contributed by atoms with van der Waals surface area (Å²) >= 11 is 0. The van der Waals surface area contributed by atoms with Crippen LogP contribution in [0.2, 0.25) is 0 Å². The van der Waals surface area contributed by atoms with Crippen LogP contribution < -0.4 is 22.1 Å². The topological polar surface area (TPSA) is 133 Å². The molecule has 2 aliphatic rings. The number of amidine groups is 1. The van der Waals surface area contributed by atoms with Crippen molar-refractivity contribution in [3.05, 3.63) is 36.0 Å². The number of halogens is 1. The van der Waals surface area contributed by atoms with Gasteiger partial charge in [0.25, 0.3) is 5.91 Å². The van der Waals surface area contributed by atoms with Gasteiger partial charge in [0.05, 0.1) is 24.2 Å². The highest BCUT2D eigenvalue weighted by Crippen LogP contribution is 2.23. The molecular weight excluding hydrogens is 413 g/mol. The number of benzene rings is 1. The Morgan fingerprint density at radius 2 is 2.16 bits per heavy atom. The standard InChI is InChI=1S/C22H30FN7O2/c1-32-9-8-30-12-13-10-14(6-7-18(13)29-30)26-21-15(20(25)31)11-16(23)22(28-21)27-19-5-3-2-4-17(19)24/h6-7,10-12,16-17,19,22,27H,2-5,8-9,24H2,1H3,(H2,25,31)(H,26,28)/t16?,17-,19+,22?/m0/s1. The maximum atomic E-state index is 14.8. The Kier molecular flexibility index (Phi) is 6.83. The lowest BCUT2D eigenvalue weighted by Gasteiger charge is -2.34. The Morgan fingerprint density at radius 3 is 2.91 bits per heavy atom. The molecule has 2 aromatic rings. The first-order chi connectivity index (χ1) is 15.4. The molecule has 4 atom stereocenters. The number of anilines is 1. The molecule has 0 bridgehead atoms. The number of alkyl halides is 1. The molecule has 1 saturated carbocycles. The van der Waals surface area contributed by atoms with Gasteiger partial charge >= 0.3 is 0 Å². The summed E-state index contributed by atoms with van der Waals surface area (Å²) in [5, 5.41) is 11.8. The number of hydrogen-bond acceptors (Lipinski definition) is 7. The molecule has 0 saturated heterocycles. The van der Waals surface area contributed by atoms with Gasteiger partial charge in [-0.2, -0.15) is 5.10 Å². The van der Waals surface area contributed by atoms with Gasteiger partial charge in [0.2, 0.25) is 0 Å². The van der Waals surface area contributed by atoms with Gasteiger partial charge in [-0.25, -0.2) is 9.38 Å². The Bertz CT molecular complexity index is 1030. The van der Waals surface area contributed by atoms with Gasteiger partial charge in [0.1, 0.15) is 12.0 Å². The van der Waals surface area contributed by atoms with Crippen LogP contribution in [0.3, 0.4) is 0 Å². The fourth-order valence-electron chi connectivity index (χ4n) is 4.21. The predicted molar refractivity (Wildman–Crippen MR) is 122 cm³/mol. The van der Waals surface area contributed by atoms with Crippen LogP contribution >= 0.6 is 0 Å². The Labute approximate surface area is 186 Å². The second kappa shape index (κ2) is 9.76. The summed E-state index contributed by atoms with van der Waals surface area (Å²) in [4.78, 5) is 16.4. The zero-order valence-corrected chi connectivity index (χ0v) is 18.1. The van der Waals surface area contributed by atoms with Crippen LogP contribution in [0.15, 0.2) is 41.0 Å². The number of rotatable bonds is 7. The molecule has 32 heavy (non-hydrogen) atoms. The third-order valence-corrected chi connectivity index (χ3v) is 5.96. The second-order valence-corrected chi connectivity index (χ2v) is 8.32. The van der Waals surface area contributed by atoms with Crippen molar-refractivity contribution >= 4 is 28.3 Å². The summed E-state index contributed by atoms with van der Waals surface area (Å²) in [5.74, 6) is -0.500. The lowest BCUT2D eigenvalue weighted by molar-refractivity contribution is -0.114. The molecule has 2 unspecified atom stereocenters. The van der Waals surface area contributed by atoms with E-state index in [1.165, 1.54) is 6.08 Å². The number of primary amides is 1. The molecule has 1 aliphatic carbocycles. The van der Waals surface area contributed by atoms with Crippen molar-refractivity contribution in [1.29, 1.82) is 0 Å². The summed E-state index contributed by atoms with van der Waals surface area (Å²) < 4.78 is 21.7. The van der Waals surface area contributed by atoms with Crippen LogP contribution in [-0.2, 0) is 16.1 Å². The second-order valence-electron chi connectivity index (χ2n) is 8.32. The van der Waals surface area contributed by atoms with Crippen LogP contribution in [0, 0.1) is 0 Å². The number of hydrogen-bond donors (Lipinski definition) is 4. The number of ether oxygens (including phenoxy) is 1. The van der Waals surface area contributed by atoms with Gasteiger partial charge in [-0.1, -0.05) is 12.8 Å². The number of carbonyl (C=O) groups excluding carboxylic acids is 1. The van der Waals surface area contributed by atoms with E-state index in [1.54, 1.807) is 7.11 Å². The van der Waals surface area contributed by atoms with Crippen LogP contribution in [0.25, 0.3) is 10.9 Å². The first-order valence-electron chi connectivity index (χ1n) is 10.9. The molecule has 0 spiro atoms. The fraction of sp³-hybridized carbons (Fsp3) is 0.500. The van der Waals surface area contributed by atoms with E-state index in [0.717, 1.165) is 36.6 Å². The normalized spacial score (nSPS) is 26.0. The van der Waals surface area contributed by atoms with E-state index < -0.39 is 18.2 Å². The monoisotopic (exact) mass is 443 g/mol. The molecule has 1 amide bonds. The fourth-order valence-corrected chi connectivity index (χ4v) is 4.21. The van der Waals surface area contributed by atoms with Crippen molar-refractivity contribution in [2.75, 3.05) is 19.0 Å². The third-order valence-electron chi connectivity index (χ3n) is 5.96. The van der Waals surface area contributed by atoms with Gasteiger partial charge < -0.3 is 21.5 Å². The summed E-state index contributed by atoms with van der Waals surface area (Å²) in [6.07, 6.45) is 4.73. The average Bonchev–Trinajstić information content (AvgIpc) is 3.17. The zero-order valence-electron chi connectivity index (χ0n) is 18.1. The summed E-state index contributed by atoms with van der Waals surface area (Å²) in [6, 6.07) is 5.54. The van der Waals surface area contributed by atoms with Gasteiger partial charge in [-0.05, 0) is 37.1 Å². The summed E-state index contributed by atoms with van der Waals surface area (Å²) in [7, 11) is 1.64. The molecule has 1 aromatic carbocycles. The van der Waals surface area contributed by atoms with E-state index in [2.05, 4.69) is 20.7 Å². The van der Waals surface area contributed by atoms with E-state index in [4.69, 9.17) is 16.2 Å². The number of aromatic nitrogens is 2. The highest BCUT2D eigenvalue weighted by molar-refractivity contribution is 6.25. The first kappa shape index (κ1) is 22.4. The molecule has 10 heteroatoms. The Morgan fingerprint density at radius 1 is 1.34 bits per heavy atom. The minimum Gasteiger partial charge on any atom is -0.383 e. The predicted octanol–water partition coefficient (Wildman–Crippen LogP) is 1.44. The molecule has 2 heterocycles. The molecule has 6 N–H and O–H groups in total. The molecule has 1 fully saturated rings. The number of dihydropyridines is 1. The average molecular weight is 444 g/mol. The van der Waals surface area contributed by atoms with Gasteiger partial charge in [0.15, 0.2) is 6.17 Å². The molecule has 172 valence electrons. The lowest BCUT2D eigenvalue weighted by atomic mass is 9.90. The highest BCUT2D eigenvalue weighted by atomic mass is 19.1. The van der Waals surface area contributed by atoms with Crippen LogP contribution in [0.1, 0.15) is 25.7 Å². The number of amides is 1. The van der Waals surface area contributed by atoms with Crippen molar-refractivity contribution < 1.29 is 13.9 Å². The molecule has 0 radical (unpaired) electrons. The number of nitrogens with zero attached hydrogens (tertiary/aromatic N) is 3. The van der Waals surface area contributed by atoms with Crippen LogP contribution in [0.5, 0.6) is 0 Å². The third kappa shape index (κ3) is 4.98. The number of methoxy groups -OCH3 is 1. The minimum absolute atomic E-state index is 0.0187. The largest absolute Gasteiger partial charge is 0.383 e. The maximum absolute atomic E-state index is 14.8. The number of aliphatic imine (C=N–C) groups is 1. The molecule has 1 aliphatic heterocycles. The molecule has 1 aromatic heterocycles. The van der Waals surface area contributed by atoms with Crippen LogP contribution in [-0.4, -0.2) is 59.7 Å².